The van der Waals surface area contributed by atoms with E-state index in [9.17, 15) is 9.59 Å². The third-order valence-corrected chi connectivity index (χ3v) is 4.77. The summed E-state index contributed by atoms with van der Waals surface area (Å²) in [6.07, 6.45) is 5.53. The van der Waals surface area contributed by atoms with Gasteiger partial charge in [-0.25, -0.2) is 4.79 Å². The van der Waals surface area contributed by atoms with Crippen molar-refractivity contribution in [1.82, 2.24) is 15.1 Å². The normalized spacial score (nSPS) is 30.9. The molecule has 112 valence electrons. The molecule has 6 nitrogen and oxygen atoms in total. The van der Waals surface area contributed by atoms with Crippen molar-refractivity contribution in [1.29, 1.82) is 0 Å². The molecular formula is C14H23N3O3. The summed E-state index contributed by atoms with van der Waals surface area (Å²) >= 11 is 0. The number of morpholine rings is 1. The summed E-state index contributed by atoms with van der Waals surface area (Å²) in [5.41, 5.74) is 0. The van der Waals surface area contributed by atoms with Gasteiger partial charge in [0.15, 0.2) is 0 Å². The van der Waals surface area contributed by atoms with Crippen LogP contribution in [-0.4, -0.2) is 66.7 Å². The first-order valence-corrected chi connectivity index (χ1v) is 7.58. The average Bonchev–Trinajstić information content (AvgIpc) is 2.99. The number of hydrogen-bond donors (Lipinski definition) is 1. The van der Waals surface area contributed by atoms with Crippen LogP contribution in [0.2, 0.25) is 0 Å². The molecule has 0 aromatic carbocycles. The first-order valence-electron chi connectivity index (χ1n) is 7.58. The quantitative estimate of drug-likeness (QED) is 0.764. The van der Waals surface area contributed by atoms with Crippen LogP contribution in [0.5, 0.6) is 0 Å². The molecule has 3 aliphatic rings. The average molecular weight is 281 g/mol. The molecule has 0 aromatic heterocycles. The summed E-state index contributed by atoms with van der Waals surface area (Å²) in [7, 11) is 1.90. The molecule has 0 aromatic rings. The Kier molecular flexibility index (Phi) is 3.83. The maximum Gasteiger partial charge on any atom is 0.320 e. The van der Waals surface area contributed by atoms with Crippen LogP contribution in [0.4, 0.5) is 4.79 Å². The first kappa shape index (κ1) is 13.7. The summed E-state index contributed by atoms with van der Waals surface area (Å²) in [6.45, 7) is 1.43. The van der Waals surface area contributed by atoms with E-state index in [-0.39, 0.29) is 30.7 Å². The van der Waals surface area contributed by atoms with Crippen LogP contribution in [0, 0.1) is 0 Å². The third kappa shape index (κ3) is 2.61. The number of likely N-dealkylation sites (tertiary alicyclic amines) is 1. The van der Waals surface area contributed by atoms with Gasteiger partial charge in [0, 0.05) is 26.2 Å². The van der Waals surface area contributed by atoms with Gasteiger partial charge in [0.25, 0.3) is 0 Å². The molecular weight excluding hydrogens is 258 g/mol. The summed E-state index contributed by atoms with van der Waals surface area (Å²) in [5.74, 6) is -0.0790. The summed E-state index contributed by atoms with van der Waals surface area (Å²) in [4.78, 5) is 27.7. The van der Waals surface area contributed by atoms with E-state index < -0.39 is 0 Å². The fraction of sp³-hybridized carbons (Fsp3) is 0.857. The third-order valence-electron chi connectivity index (χ3n) is 4.77. The Hall–Kier alpha value is -1.30. The van der Waals surface area contributed by atoms with Gasteiger partial charge in [-0.15, -0.1) is 0 Å². The Balaban J connectivity index is 1.59. The zero-order valence-corrected chi connectivity index (χ0v) is 12.0. The van der Waals surface area contributed by atoms with Gasteiger partial charge in [-0.05, 0) is 19.3 Å². The second-order valence-corrected chi connectivity index (χ2v) is 6.09. The van der Waals surface area contributed by atoms with Gasteiger partial charge in [0.1, 0.15) is 6.61 Å². The molecule has 0 radical (unpaired) electrons. The number of nitrogens with zero attached hydrogens (tertiary/aromatic N) is 2. The number of urea groups is 1. The highest BCUT2D eigenvalue weighted by Crippen LogP contribution is 2.24. The lowest BCUT2D eigenvalue weighted by atomic mass is 10.0. The number of piperidine rings is 1. The Morgan fingerprint density at radius 3 is 2.85 bits per heavy atom. The van der Waals surface area contributed by atoms with Gasteiger partial charge >= 0.3 is 6.03 Å². The molecule has 1 aliphatic carbocycles. The predicted octanol–water partition coefficient (Wildman–Crippen LogP) is 0.570. The predicted molar refractivity (Wildman–Crippen MR) is 73.3 cm³/mol. The fourth-order valence-corrected chi connectivity index (χ4v) is 3.54. The van der Waals surface area contributed by atoms with Crippen molar-refractivity contribution in [3.8, 4) is 0 Å². The Morgan fingerprint density at radius 2 is 2.10 bits per heavy atom. The van der Waals surface area contributed by atoms with Crippen LogP contribution < -0.4 is 5.32 Å². The lowest BCUT2D eigenvalue weighted by Crippen LogP contribution is -2.62. The van der Waals surface area contributed by atoms with Crippen LogP contribution in [0.15, 0.2) is 0 Å². The van der Waals surface area contributed by atoms with Gasteiger partial charge in [0.2, 0.25) is 5.91 Å². The Labute approximate surface area is 119 Å². The SMILES string of the molecule is CN(C(=O)N1CCC2OCC(=O)NC2C1)C1CCCC1. The van der Waals surface area contributed by atoms with Crippen molar-refractivity contribution < 1.29 is 14.3 Å². The van der Waals surface area contributed by atoms with Gasteiger partial charge in [-0.1, -0.05) is 12.8 Å². The molecule has 2 aliphatic heterocycles. The number of amides is 3. The molecule has 2 unspecified atom stereocenters. The van der Waals surface area contributed by atoms with E-state index in [0.717, 1.165) is 19.3 Å². The van der Waals surface area contributed by atoms with Crippen molar-refractivity contribution in [2.45, 2.75) is 50.3 Å². The van der Waals surface area contributed by atoms with E-state index >= 15 is 0 Å². The van der Waals surface area contributed by atoms with Gasteiger partial charge in [0.05, 0.1) is 12.1 Å². The molecule has 2 heterocycles. The maximum absolute atomic E-state index is 12.5. The van der Waals surface area contributed by atoms with Crippen LogP contribution in [0.25, 0.3) is 0 Å². The number of rotatable bonds is 1. The highest BCUT2D eigenvalue weighted by molar-refractivity contribution is 5.79. The van der Waals surface area contributed by atoms with Crippen molar-refractivity contribution >= 4 is 11.9 Å². The second kappa shape index (κ2) is 5.60. The van der Waals surface area contributed by atoms with Gasteiger partial charge in [-0.2, -0.15) is 0 Å². The van der Waals surface area contributed by atoms with Gasteiger partial charge < -0.3 is 19.9 Å². The second-order valence-electron chi connectivity index (χ2n) is 6.09. The van der Waals surface area contributed by atoms with E-state index in [0.29, 0.717) is 19.1 Å². The molecule has 0 bridgehead atoms. The zero-order chi connectivity index (χ0) is 14.1. The largest absolute Gasteiger partial charge is 0.366 e. The van der Waals surface area contributed by atoms with Crippen LogP contribution in [0.1, 0.15) is 32.1 Å². The van der Waals surface area contributed by atoms with Crippen molar-refractivity contribution in [2.75, 3.05) is 26.7 Å². The number of carbonyl (C=O) groups is 2. The number of fused-ring (bicyclic) bond motifs is 1. The number of ether oxygens (including phenoxy) is 1. The topological polar surface area (TPSA) is 61.9 Å². The van der Waals surface area contributed by atoms with Crippen molar-refractivity contribution in [3.63, 3.8) is 0 Å². The summed E-state index contributed by atoms with van der Waals surface area (Å²) in [6, 6.07) is 0.429. The maximum atomic E-state index is 12.5. The number of hydrogen-bond acceptors (Lipinski definition) is 3. The molecule has 3 rings (SSSR count). The zero-order valence-electron chi connectivity index (χ0n) is 12.0. The lowest BCUT2D eigenvalue weighted by molar-refractivity contribution is -0.139. The fourth-order valence-electron chi connectivity index (χ4n) is 3.54. The van der Waals surface area contributed by atoms with E-state index in [1.165, 1.54) is 12.8 Å². The molecule has 1 N–H and O–H groups in total. The Bertz CT molecular complexity index is 395. The molecule has 6 heteroatoms. The molecule has 3 fully saturated rings. The van der Waals surface area contributed by atoms with E-state index in [1.54, 1.807) is 0 Å². The minimum absolute atomic E-state index is 0.0501. The van der Waals surface area contributed by atoms with E-state index in [1.807, 2.05) is 16.8 Å². The number of carbonyl (C=O) groups excluding carboxylic acids is 2. The van der Waals surface area contributed by atoms with Gasteiger partial charge in [-0.3, -0.25) is 4.79 Å². The summed E-state index contributed by atoms with van der Waals surface area (Å²) < 4.78 is 5.52. The smallest absolute Gasteiger partial charge is 0.320 e. The van der Waals surface area contributed by atoms with E-state index in [4.69, 9.17) is 4.74 Å². The van der Waals surface area contributed by atoms with Crippen LogP contribution >= 0.6 is 0 Å². The minimum Gasteiger partial charge on any atom is -0.366 e. The van der Waals surface area contributed by atoms with Crippen LogP contribution in [-0.2, 0) is 9.53 Å². The van der Waals surface area contributed by atoms with Crippen LogP contribution in [0.3, 0.4) is 0 Å². The molecule has 3 amide bonds. The Morgan fingerprint density at radius 1 is 1.35 bits per heavy atom. The molecule has 20 heavy (non-hydrogen) atoms. The monoisotopic (exact) mass is 281 g/mol. The highest BCUT2D eigenvalue weighted by Gasteiger charge is 2.37. The van der Waals surface area contributed by atoms with Crippen molar-refractivity contribution in [2.24, 2.45) is 0 Å². The molecule has 0 spiro atoms. The van der Waals surface area contributed by atoms with Crippen molar-refractivity contribution in [3.05, 3.63) is 0 Å². The number of nitrogens with one attached hydrogen (secondary N) is 1. The highest BCUT2D eigenvalue weighted by atomic mass is 16.5. The minimum atomic E-state index is -0.0790. The molecule has 1 saturated carbocycles. The lowest BCUT2D eigenvalue weighted by Gasteiger charge is -2.42. The molecule has 2 saturated heterocycles. The van der Waals surface area contributed by atoms with E-state index in [2.05, 4.69) is 5.32 Å². The standard InChI is InChI=1S/C14H23N3O3/c1-16(10-4-2-3-5-10)14(19)17-7-6-12-11(8-17)15-13(18)9-20-12/h10-12H,2-9H2,1H3,(H,15,18). The molecule has 2 atom stereocenters. The summed E-state index contributed by atoms with van der Waals surface area (Å²) in [5, 5.41) is 2.94. The first-order chi connectivity index (χ1) is 9.65.